The second-order valence-corrected chi connectivity index (χ2v) is 15.1. The van der Waals surface area contributed by atoms with Gasteiger partial charge in [-0.25, -0.2) is 9.59 Å². The SMILES string of the molecule is CC(C)NC(=O)c1ccc(-c2ccc(C[C@H](NC(=O)C3CCC(CNC(=O)OC(C)(C)C)CC3)C(=O)Nc3ccc4[nH]c(=O)[nH]c4c3)cc2)c(Cl)c1. The quantitative estimate of drug-likeness (QED) is 0.105. The summed E-state index contributed by atoms with van der Waals surface area (Å²) in [6.45, 7) is 9.70. The van der Waals surface area contributed by atoms with Crippen molar-refractivity contribution in [3.8, 4) is 11.1 Å². The van der Waals surface area contributed by atoms with Gasteiger partial charge < -0.3 is 36.0 Å². The molecule has 1 atom stereocenters. The normalized spacial score (nSPS) is 16.6. The Morgan fingerprint density at radius 1 is 0.885 bits per heavy atom. The summed E-state index contributed by atoms with van der Waals surface area (Å²) in [4.78, 5) is 69.0. The van der Waals surface area contributed by atoms with E-state index in [4.69, 9.17) is 16.3 Å². The van der Waals surface area contributed by atoms with E-state index >= 15 is 0 Å². The Balaban J connectivity index is 1.26. The van der Waals surface area contributed by atoms with E-state index in [1.165, 1.54) is 0 Å². The van der Waals surface area contributed by atoms with E-state index < -0.39 is 23.6 Å². The van der Waals surface area contributed by atoms with Crippen molar-refractivity contribution in [1.82, 2.24) is 25.9 Å². The first-order valence-corrected chi connectivity index (χ1v) is 18.0. The molecule has 4 amide bonds. The molecule has 12 nitrogen and oxygen atoms in total. The van der Waals surface area contributed by atoms with Gasteiger partial charge in [-0.3, -0.25) is 14.4 Å². The topological polar surface area (TPSA) is 174 Å². The molecule has 0 radical (unpaired) electrons. The van der Waals surface area contributed by atoms with Crippen LogP contribution >= 0.6 is 11.6 Å². The van der Waals surface area contributed by atoms with Crippen LogP contribution in [-0.4, -0.2) is 58.0 Å². The van der Waals surface area contributed by atoms with E-state index in [1.54, 1.807) is 36.4 Å². The number of amides is 4. The highest BCUT2D eigenvalue weighted by molar-refractivity contribution is 6.33. The number of H-pyrrole nitrogens is 2. The fraction of sp³-hybridized carbons (Fsp3) is 0.410. The third kappa shape index (κ3) is 10.5. The van der Waals surface area contributed by atoms with Crippen molar-refractivity contribution in [1.29, 1.82) is 0 Å². The fourth-order valence-corrected chi connectivity index (χ4v) is 6.59. The van der Waals surface area contributed by atoms with Crippen LogP contribution in [0.15, 0.2) is 65.5 Å². The monoisotopic (exact) mass is 730 g/mol. The lowest BCUT2D eigenvalue weighted by Gasteiger charge is -2.29. The minimum absolute atomic E-state index is 0.00242. The number of alkyl carbamates (subject to hydrolysis) is 1. The molecule has 1 aromatic heterocycles. The number of aromatic nitrogens is 2. The Hall–Kier alpha value is -5.10. The summed E-state index contributed by atoms with van der Waals surface area (Å²) in [5, 5.41) is 12.0. The van der Waals surface area contributed by atoms with Gasteiger partial charge in [-0.15, -0.1) is 0 Å². The standard InChI is InChI=1S/C39H47ClN6O6/c1-22(2)42-35(48)27-14-16-29(30(40)19-27)25-10-6-23(7-11-25)18-33(36(49)43-28-15-17-31-32(20-28)46-37(50)45-31)44-34(47)26-12-8-24(9-13-26)21-41-38(51)52-39(3,4)5/h6-7,10-11,14-17,19-20,22,24,26,33H,8-9,12-13,18,21H2,1-5H3,(H,41,51)(H,42,48)(H,43,49)(H,44,47)(H2,45,46,50)/t24?,26?,33-/m0/s1. The predicted molar refractivity (Wildman–Crippen MR) is 202 cm³/mol. The summed E-state index contributed by atoms with van der Waals surface area (Å²) >= 11 is 6.59. The lowest BCUT2D eigenvalue weighted by Crippen LogP contribution is -2.48. The van der Waals surface area contributed by atoms with Crippen molar-refractivity contribution in [3.05, 3.63) is 87.3 Å². The van der Waals surface area contributed by atoms with Crippen LogP contribution in [0.4, 0.5) is 10.5 Å². The number of carbonyl (C=O) groups excluding carboxylic acids is 4. The van der Waals surface area contributed by atoms with Gasteiger partial charge in [0.25, 0.3) is 5.91 Å². The second kappa shape index (κ2) is 16.5. The molecule has 3 aromatic carbocycles. The Morgan fingerprint density at radius 3 is 2.23 bits per heavy atom. The van der Waals surface area contributed by atoms with Gasteiger partial charge in [0.05, 0.1) is 11.0 Å². The lowest BCUT2D eigenvalue weighted by molar-refractivity contribution is -0.130. The molecule has 0 spiro atoms. The van der Waals surface area contributed by atoms with Gasteiger partial charge in [0, 0.05) is 46.8 Å². The number of halogens is 1. The highest BCUT2D eigenvalue weighted by atomic mass is 35.5. The number of aromatic amines is 2. The minimum atomic E-state index is -0.895. The summed E-state index contributed by atoms with van der Waals surface area (Å²) in [7, 11) is 0. The maximum absolute atomic E-state index is 13.8. The zero-order chi connectivity index (χ0) is 37.6. The molecule has 5 rings (SSSR count). The molecule has 0 saturated heterocycles. The van der Waals surface area contributed by atoms with Crippen molar-refractivity contribution in [2.75, 3.05) is 11.9 Å². The van der Waals surface area contributed by atoms with Crippen LogP contribution in [0.5, 0.6) is 0 Å². The smallest absolute Gasteiger partial charge is 0.407 e. The van der Waals surface area contributed by atoms with E-state index in [9.17, 15) is 24.0 Å². The van der Waals surface area contributed by atoms with Crippen LogP contribution in [-0.2, 0) is 20.7 Å². The van der Waals surface area contributed by atoms with Gasteiger partial charge in [0.1, 0.15) is 11.6 Å². The van der Waals surface area contributed by atoms with Crippen LogP contribution in [0.3, 0.4) is 0 Å². The molecule has 0 unspecified atom stereocenters. The molecule has 1 fully saturated rings. The Morgan fingerprint density at radius 2 is 1.58 bits per heavy atom. The first-order chi connectivity index (χ1) is 24.6. The number of hydrogen-bond donors (Lipinski definition) is 6. The van der Waals surface area contributed by atoms with E-state index in [0.29, 0.717) is 46.7 Å². The van der Waals surface area contributed by atoms with Crippen molar-refractivity contribution in [3.63, 3.8) is 0 Å². The summed E-state index contributed by atoms with van der Waals surface area (Å²) in [6.07, 6.45) is 2.54. The maximum Gasteiger partial charge on any atom is 0.407 e. The van der Waals surface area contributed by atoms with Crippen LogP contribution in [0.25, 0.3) is 22.2 Å². The largest absolute Gasteiger partial charge is 0.444 e. The molecule has 4 aromatic rings. The van der Waals surface area contributed by atoms with E-state index in [-0.39, 0.29) is 41.8 Å². The van der Waals surface area contributed by atoms with Crippen LogP contribution in [0.2, 0.25) is 5.02 Å². The number of ether oxygens (including phenoxy) is 1. The Labute approximate surface area is 307 Å². The van der Waals surface area contributed by atoms with Gasteiger partial charge in [0.15, 0.2) is 0 Å². The van der Waals surface area contributed by atoms with Crippen molar-refractivity contribution in [2.24, 2.45) is 11.8 Å². The molecule has 0 aliphatic heterocycles. The predicted octanol–water partition coefficient (Wildman–Crippen LogP) is 6.31. The fourth-order valence-electron chi connectivity index (χ4n) is 6.30. The van der Waals surface area contributed by atoms with Gasteiger partial charge in [-0.05, 0) is 108 Å². The number of hydrogen-bond acceptors (Lipinski definition) is 6. The third-order valence-electron chi connectivity index (χ3n) is 8.92. The molecule has 0 bridgehead atoms. The van der Waals surface area contributed by atoms with Crippen LogP contribution in [0.1, 0.15) is 76.2 Å². The lowest BCUT2D eigenvalue weighted by atomic mass is 9.81. The summed E-state index contributed by atoms with van der Waals surface area (Å²) in [5.74, 6) is -0.845. The van der Waals surface area contributed by atoms with Crippen LogP contribution in [0, 0.1) is 11.8 Å². The summed E-state index contributed by atoms with van der Waals surface area (Å²) < 4.78 is 5.34. The van der Waals surface area contributed by atoms with E-state index in [1.807, 2.05) is 58.9 Å². The molecular weight excluding hydrogens is 684 g/mol. The molecule has 13 heteroatoms. The van der Waals surface area contributed by atoms with E-state index in [0.717, 1.165) is 29.5 Å². The number of anilines is 1. The van der Waals surface area contributed by atoms with Crippen molar-refractivity contribution < 1.29 is 23.9 Å². The highest BCUT2D eigenvalue weighted by Crippen LogP contribution is 2.31. The Bertz CT molecular complexity index is 1970. The number of fused-ring (bicyclic) bond motifs is 1. The molecule has 6 N–H and O–H groups in total. The minimum Gasteiger partial charge on any atom is -0.444 e. The second-order valence-electron chi connectivity index (χ2n) is 14.7. The van der Waals surface area contributed by atoms with Gasteiger partial charge in [-0.1, -0.05) is 41.9 Å². The first-order valence-electron chi connectivity index (χ1n) is 17.6. The number of imidazole rings is 1. The third-order valence-corrected chi connectivity index (χ3v) is 9.24. The van der Waals surface area contributed by atoms with Crippen molar-refractivity contribution >= 4 is 52.1 Å². The molecule has 1 aliphatic carbocycles. The highest BCUT2D eigenvalue weighted by Gasteiger charge is 2.30. The average molecular weight is 731 g/mol. The van der Waals surface area contributed by atoms with Gasteiger partial charge >= 0.3 is 11.8 Å². The Kier molecular flexibility index (Phi) is 12.1. The molecule has 1 aliphatic rings. The van der Waals surface area contributed by atoms with Crippen molar-refractivity contribution in [2.45, 2.75) is 84.4 Å². The molecule has 1 saturated carbocycles. The zero-order valence-electron chi connectivity index (χ0n) is 30.2. The molecule has 52 heavy (non-hydrogen) atoms. The van der Waals surface area contributed by atoms with E-state index in [2.05, 4.69) is 31.2 Å². The molecule has 276 valence electrons. The number of carbonyl (C=O) groups is 4. The summed E-state index contributed by atoms with van der Waals surface area (Å²) in [5.41, 5.74) is 3.58. The molecule has 1 heterocycles. The van der Waals surface area contributed by atoms with Gasteiger partial charge in [0.2, 0.25) is 11.8 Å². The number of rotatable bonds is 11. The number of benzene rings is 3. The first kappa shape index (κ1) is 38.1. The maximum atomic E-state index is 13.8. The average Bonchev–Trinajstić information content (AvgIpc) is 3.45. The number of nitrogens with one attached hydrogen (secondary N) is 6. The summed E-state index contributed by atoms with van der Waals surface area (Å²) in [6, 6.07) is 16.9. The van der Waals surface area contributed by atoms with Crippen LogP contribution < -0.4 is 27.0 Å². The molecular formula is C39H47ClN6O6. The van der Waals surface area contributed by atoms with Gasteiger partial charge in [-0.2, -0.15) is 0 Å². The zero-order valence-corrected chi connectivity index (χ0v) is 30.9.